The van der Waals surface area contributed by atoms with Gasteiger partial charge >= 0.3 is 0 Å². The number of aryl methyl sites for hydroxylation is 1. The van der Waals surface area contributed by atoms with E-state index < -0.39 is 0 Å². The Morgan fingerprint density at radius 3 is 2.82 bits per heavy atom. The predicted octanol–water partition coefficient (Wildman–Crippen LogP) is 2.80. The predicted molar refractivity (Wildman–Crippen MR) is 89.6 cm³/mol. The number of thiophene rings is 1. The quantitative estimate of drug-likeness (QED) is 0.805. The Hall–Kier alpha value is -2.40. The average Bonchev–Trinajstić information content (AvgIpc) is 3.05. The Labute approximate surface area is 132 Å². The van der Waals surface area contributed by atoms with Gasteiger partial charge in [-0.25, -0.2) is 0 Å². The summed E-state index contributed by atoms with van der Waals surface area (Å²) < 4.78 is 1.72. The molecule has 0 aliphatic heterocycles. The molecule has 4 nitrogen and oxygen atoms in total. The number of fused-ring (bicyclic) bond motifs is 1. The lowest BCUT2D eigenvalue weighted by Gasteiger charge is -2.12. The molecular weight excluding hydrogens is 296 g/mol. The molecule has 0 spiro atoms. The van der Waals surface area contributed by atoms with E-state index in [1.54, 1.807) is 10.6 Å². The van der Waals surface area contributed by atoms with Crippen molar-refractivity contribution in [1.29, 1.82) is 0 Å². The first kappa shape index (κ1) is 14.5. The fourth-order valence-electron chi connectivity index (χ4n) is 2.47. The van der Waals surface area contributed by atoms with Gasteiger partial charge < -0.3 is 9.88 Å². The van der Waals surface area contributed by atoms with Gasteiger partial charge in [-0.05, 0) is 35.9 Å². The molecule has 0 fully saturated rings. The third-order valence-corrected chi connectivity index (χ3v) is 4.42. The van der Waals surface area contributed by atoms with Crippen molar-refractivity contribution in [1.82, 2.24) is 9.88 Å². The molecule has 22 heavy (non-hydrogen) atoms. The molecule has 0 saturated carbocycles. The maximum Gasteiger partial charge on any atom is 0.261 e. The van der Waals surface area contributed by atoms with Crippen LogP contribution in [0.3, 0.4) is 0 Å². The molecule has 3 rings (SSSR count). The number of para-hydroxylation sites is 1. The van der Waals surface area contributed by atoms with Gasteiger partial charge in [-0.3, -0.25) is 9.59 Å². The SMILES string of the molecule is Cc1cc2ccccc2n(CCNC(=O)c2cccs2)c1=O. The van der Waals surface area contributed by atoms with Crippen molar-refractivity contribution in [3.8, 4) is 0 Å². The van der Waals surface area contributed by atoms with Crippen molar-refractivity contribution in [2.45, 2.75) is 13.5 Å². The Balaban J connectivity index is 1.80. The van der Waals surface area contributed by atoms with E-state index in [0.717, 1.165) is 10.9 Å². The Kier molecular flexibility index (Phi) is 4.06. The second kappa shape index (κ2) is 6.15. The first-order chi connectivity index (χ1) is 10.7. The van der Waals surface area contributed by atoms with Crippen molar-refractivity contribution in [2.24, 2.45) is 0 Å². The summed E-state index contributed by atoms with van der Waals surface area (Å²) in [6.07, 6.45) is 0. The number of amides is 1. The minimum Gasteiger partial charge on any atom is -0.350 e. The lowest BCUT2D eigenvalue weighted by molar-refractivity contribution is 0.0956. The van der Waals surface area contributed by atoms with Crippen LogP contribution in [0.25, 0.3) is 10.9 Å². The van der Waals surface area contributed by atoms with E-state index in [1.165, 1.54) is 11.3 Å². The van der Waals surface area contributed by atoms with E-state index in [-0.39, 0.29) is 11.5 Å². The summed E-state index contributed by atoms with van der Waals surface area (Å²) in [7, 11) is 0. The van der Waals surface area contributed by atoms with E-state index in [0.29, 0.717) is 23.5 Å². The fourth-order valence-corrected chi connectivity index (χ4v) is 3.11. The Morgan fingerprint density at radius 2 is 2.05 bits per heavy atom. The number of carbonyl (C=O) groups excluding carboxylic acids is 1. The zero-order valence-electron chi connectivity index (χ0n) is 12.2. The number of aromatic nitrogens is 1. The van der Waals surface area contributed by atoms with Crippen molar-refractivity contribution in [3.63, 3.8) is 0 Å². The Bertz CT molecular complexity index is 866. The number of rotatable bonds is 4. The monoisotopic (exact) mass is 312 g/mol. The molecule has 112 valence electrons. The van der Waals surface area contributed by atoms with Crippen molar-refractivity contribution in [2.75, 3.05) is 6.54 Å². The van der Waals surface area contributed by atoms with Crippen molar-refractivity contribution < 1.29 is 4.79 Å². The van der Waals surface area contributed by atoms with Gasteiger partial charge in [0.05, 0.1) is 10.4 Å². The number of hydrogen-bond acceptors (Lipinski definition) is 3. The molecule has 5 heteroatoms. The second-order valence-electron chi connectivity index (χ2n) is 5.08. The minimum absolute atomic E-state index is 0.0101. The molecule has 0 unspecified atom stereocenters. The van der Waals surface area contributed by atoms with Crippen LogP contribution in [0.1, 0.15) is 15.2 Å². The van der Waals surface area contributed by atoms with Crippen LogP contribution in [0.4, 0.5) is 0 Å². The highest BCUT2D eigenvalue weighted by Gasteiger charge is 2.08. The van der Waals surface area contributed by atoms with E-state index in [1.807, 2.05) is 48.7 Å². The second-order valence-corrected chi connectivity index (χ2v) is 6.02. The van der Waals surface area contributed by atoms with E-state index >= 15 is 0 Å². The molecule has 0 aliphatic carbocycles. The highest BCUT2D eigenvalue weighted by Crippen LogP contribution is 2.13. The van der Waals surface area contributed by atoms with Crippen LogP contribution >= 0.6 is 11.3 Å². The van der Waals surface area contributed by atoms with E-state index in [4.69, 9.17) is 0 Å². The normalized spacial score (nSPS) is 10.8. The molecule has 1 N–H and O–H groups in total. The molecule has 1 amide bonds. The number of hydrogen-bond donors (Lipinski definition) is 1. The minimum atomic E-state index is -0.0972. The largest absolute Gasteiger partial charge is 0.350 e. The third-order valence-electron chi connectivity index (χ3n) is 3.55. The van der Waals surface area contributed by atoms with Crippen LogP contribution in [0.2, 0.25) is 0 Å². The first-order valence-electron chi connectivity index (χ1n) is 7.08. The molecule has 2 aromatic heterocycles. The molecule has 1 aromatic carbocycles. The van der Waals surface area contributed by atoms with Crippen LogP contribution < -0.4 is 10.9 Å². The zero-order chi connectivity index (χ0) is 15.5. The zero-order valence-corrected chi connectivity index (χ0v) is 13.0. The van der Waals surface area contributed by atoms with Crippen LogP contribution in [0, 0.1) is 6.92 Å². The number of nitrogens with zero attached hydrogens (tertiary/aromatic N) is 1. The molecular formula is C17H16N2O2S. The summed E-state index contributed by atoms with van der Waals surface area (Å²) in [6, 6.07) is 13.3. The first-order valence-corrected chi connectivity index (χ1v) is 7.95. The maximum atomic E-state index is 12.3. The summed E-state index contributed by atoms with van der Waals surface area (Å²) in [5.41, 5.74) is 1.59. The summed E-state index contributed by atoms with van der Waals surface area (Å²) in [4.78, 5) is 24.9. The highest BCUT2D eigenvalue weighted by atomic mass is 32.1. The van der Waals surface area contributed by atoms with Crippen LogP contribution in [-0.2, 0) is 6.54 Å². The maximum absolute atomic E-state index is 12.3. The lowest BCUT2D eigenvalue weighted by atomic mass is 10.1. The molecule has 0 bridgehead atoms. The summed E-state index contributed by atoms with van der Waals surface area (Å²) in [5.74, 6) is -0.0972. The molecule has 0 aliphatic rings. The van der Waals surface area contributed by atoms with Crippen molar-refractivity contribution >= 4 is 28.1 Å². The molecule has 0 radical (unpaired) electrons. The van der Waals surface area contributed by atoms with Gasteiger partial charge in [-0.15, -0.1) is 11.3 Å². The Morgan fingerprint density at radius 1 is 1.23 bits per heavy atom. The summed E-state index contributed by atoms with van der Waals surface area (Å²) in [6.45, 7) is 2.69. The van der Waals surface area contributed by atoms with Crippen LogP contribution in [0.15, 0.2) is 52.6 Å². The number of pyridine rings is 1. The topological polar surface area (TPSA) is 51.1 Å². The summed E-state index contributed by atoms with van der Waals surface area (Å²) >= 11 is 1.40. The van der Waals surface area contributed by atoms with Gasteiger partial charge in [0.15, 0.2) is 0 Å². The number of nitrogens with one attached hydrogen (secondary N) is 1. The smallest absolute Gasteiger partial charge is 0.261 e. The van der Waals surface area contributed by atoms with Gasteiger partial charge in [0, 0.05) is 18.7 Å². The fraction of sp³-hybridized carbons (Fsp3) is 0.176. The van der Waals surface area contributed by atoms with Gasteiger partial charge in [0.25, 0.3) is 11.5 Å². The van der Waals surface area contributed by atoms with Gasteiger partial charge in [-0.1, -0.05) is 24.3 Å². The number of carbonyl (C=O) groups is 1. The summed E-state index contributed by atoms with van der Waals surface area (Å²) in [5, 5.41) is 5.76. The average molecular weight is 312 g/mol. The molecule has 2 heterocycles. The van der Waals surface area contributed by atoms with Gasteiger partial charge in [-0.2, -0.15) is 0 Å². The molecule has 0 saturated heterocycles. The standard InChI is InChI=1S/C17H16N2O2S/c1-12-11-13-5-2-3-6-14(13)19(17(12)21)9-8-18-16(20)15-7-4-10-22-15/h2-7,10-11H,8-9H2,1H3,(H,18,20). The molecule has 0 atom stereocenters. The van der Waals surface area contributed by atoms with E-state index in [9.17, 15) is 9.59 Å². The van der Waals surface area contributed by atoms with E-state index in [2.05, 4.69) is 5.32 Å². The lowest BCUT2D eigenvalue weighted by Crippen LogP contribution is -2.31. The third kappa shape index (κ3) is 2.80. The van der Waals surface area contributed by atoms with Crippen LogP contribution in [0.5, 0.6) is 0 Å². The molecule has 3 aromatic rings. The van der Waals surface area contributed by atoms with Gasteiger partial charge in [0.1, 0.15) is 0 Å². The van der Waals surface area contributed by atoms with Gasteiger partial charge in [0.2, 0.25) is 0 Å². The van der Waals surface area contributed by atoms with Crippen molar-refractivity contribution in [3.05, 3.63) is 68.6 Å². The van der Waals surface area contributed by atoms with Crippen LogP contribution in [-0.4, -0.2) is 17.0 Å². The number of benzene rings is 1. The highest BCUT2D eigenvalue weighted by molar-refractivity contribution is 7.12.